The fourth-order valence-electron chi connectivity index (χ4n) is 0.996. The smallest absolute Gasteiger partial charge is 0.298 e. The second kappa shape index (κ2) is 4.23. The van der Waals surface area contributed by atoms with Crippen LogP contribution in [-0.4, -0.2) is 22.9 Å². The van der Waals surface area contributed by atoms with Gasteiger partial charge in [0.05, 0.1) is 19.6 Å². The number of ether oxygens (including phenoxy) is 1. The summed E-state index contributed by atoms with van der Waals surface area (Å²) < 4.78 is 4.65. The number of hydrogen-bond acceptors (Lipinski definition) is 6. The van der Waals surface area contributed by atoms with Crippen molar-refractivity contribution in [3.05, 3.63) is 15.9 Å². The quantitative estimate of drug-likeness (QED) is 0.643. The first kappa shape index (κ1) is 10.7. The predicted molar refractivity (Wildman–Crippen MR) is 50.4 cm³/mol. The Morgan fingerprint density at radius 2 is 2.40 bits per heavy atom. The van der Waals surface area contributed by atoms with Crippen LogP contribution in [0.2, 0.25) is 0 Å². The zero-order chi connectivity index (χ0) is 11.4. The molecule has 15 heavy (non-hydrogen) atoms. The summed E-state index contributed by atoms with van der Waals surface area (Å²) in [6, 6.07) is 1.55. The zero-order valence-electron chi connectivity index (χ0n) is 7.90. The summed E-state index contributed by atoms with van der Waals surface area (Å²) in [5.41, 5.74) is 4.37. The maximum absolute atomic E-state index is 11.4. The molecule has 0 aromatic carbocycles. The molecule has 0 unspecified atom stereocenters. The number of aromatic nitrogens is 2. The van der Waals surface area contributed by atoms with Crippen molar-refractivity contribution in [1.82, 2.24) is 9.97 Å². The summed E-state index contributed by atoms with van der Waals surface area (Å²) in [6.07, 6.45) is -0.415. The lowest BCUT2D eigenvalue weighted by Gasteiger charge is -2.02. The van der Waals surface area contributed by atoms with Gasteiger partial charge in [-0.1, -0.05) is 0 Å². The number of rotatable bonds is 3. The minimum Gasteiger partial charge on any atom is -0.468 e. The average molecular weight is 208 g/mol. The third-order valence-electron chi connectivity index (χ3n) is 1.64. The number of methoxy groups -OCH3 is 1. The van der Waals surface area contributed by atoms with E-state index in [-0.39, 0.29) is 17.4 Å². The summed E-state index contributed by atoms with van der Waals surface area (Å²) in [7, 11) is 1.30. The molecule has 0 aliphatic rings. The molecule has 3 N–H and O–H groups in total. The summed E-state index contributed by atoms with van der Waals surface area (Å²) in [4.78, 5) is 28.5. The number of nitrogens with two attached hydrogens (primary N) is 1. The number of Topliss-reactive ketones (excluding diaryl/α,β-unsaturated/α-hetero) is 1. The first-order valence-corrected chi connectivity index (χ1v) is 3.94. The van der Waals surface area contributed by atoms with Gasteiger partial charge in [-0.3, -0.25) is 14.6 Å². The van der Waals surface area contributed by atoms with Gasteiger partial charge >= 0.3 is 0 Å². The topological polar surface area (TPSA) is 122 Å². The van der Waals surface area contributed by atoms with Crippen molar-refractivity contribution >= 4 is 11.6 Å². The number of hydrogen-bond donors (Lipinski definition) is 2. The van der Waals surface area contributed by atoms with Crippen LogP contribution in [0.15, 0.2) is 4.79 Å². The van der Waals surface area contributed by atoms with E-state index >= 15 is 0 Å². The minimum absolute atomic E-state index is 0.0778. The molecule has 7 heteroatoms. The fourth-order valence-corrected chi connectivity index (χ4v) is 0.996. The monoisotopic (exact) mass is 208 g/mol. The van der Waals surface area contributed by atoms with E-state index in [0.717, 1.165) is 0 Å². The molecule has 7 nitrogen and oxygen atoms in total. The lowest BCUT2D eigenvalue weighted by Crippen LogP contribution is -2.22. The third-order valence-corrected chi connectivity index (χ3v) is 1.64. The van der Waals surface area contributed by atoms with E-state index in [0.29, 0.717) is 0 Å². The Morgan fingerprint density at radius 3 is 2.87 bits per heavy atom. The molecule has 0 saturated carbocycles. The molecule has 0 bridgehead atoms. The highest BCUT2D eigenvalue weighted by Gasteiger charge is 2.16. The van der Waals surface area contributed by atoms with Crippen LogP contribution < -0.4 is 16.0 Å². The molecule has 1 heterocycles. The highest BCUT2D eigenvalue weighted by molar-refractivity contribution is 6.00. The number of H-pyrrole nitrogens is 1. The molecule has 1 rings (SSSR count). The predicted octanol–water partition coefficient (Wildman–Crippen LogP) is -0.543. The van der Waals surface area contributed by atoms with E-state index in [4.69, 9.17) is 11.0 Å². The summed E-state index contributed by atoms with van der Waals surface area (Å²) >= 11 is 0. The molecule has 0 radical (unpaired) electrons. The number of aromatic amines is 1. The van der Waals surface area contributed by atoms with Gasteiger partial charge in [0, 0.05) is 0 Å². The number of anilines is 1. The normalized spacial score (nSPS) is 9.33. The Kier molecular flexibility index (Phi) is 3.03. The minimum atomic E-state index is -0.709. The number of carbonyl (C=O) groups is 1. The molecular weight excluding hydrogens is 200 g/mol. The molecular formula is C8H8N4O3. The Morgan fingerprint density at radius 1 is 1.73 bits per heavy atom. The van der Waals surface area contributed by atoms with E-state index in [1.165, 1.54) is 7.11 Å². The molecule has 1 aromatic rings. The van der Waals surface area contributed by atoms with Crippen molar-refractivity contribution in [1.29, 1.82) is 5.26 Å². The first-order valence-electron chi connectivity index (χ1n) is 3.94. The van der Waals surface area contributed by atoms with Gasteiger partial charge in [-0.15, -0.1) is 0 Å². The second-order valence-corrected chi connectivity index (χ2v) is 2.59. The SMILES string of the molecule is COc1nc(N)c(C(=O)CC#N)c(=O)[nH]1. The van der Waals surface area contributed by atoms with Crippen LogP contribution in [-0.2, 0) is 0 Å². The molecule has 78 valence electrons. The van der Waals surface area contributed by atoms with Crippen molar-refractivity contribution in [3.8, 4) is 12.1 Å². The lowest BCUT2D eigenvalue weighted by atomic mass is 10.1. The molecule has 1 aromatic heterocycles. The zero-order valence-corrected chi connectivity index (χ0v) is 7.90. The molecule has 0 spiro atoms. The van der Waals surface area contributed by atoms with Crippen LogP contribution in [0.25, 0.3) is 0 Å². The summed E-state index contributed by atoms with van der Waals surface area (Å²) in [5, 5.41) is 8.31. The van der Waals surface area contributed by atoms with Crippen LogP contribution in [0, 0.1) is 11.3 Å². The largest absolute Gasteiger partial charge is 0.468 e. The average Bonchev–Trinajstić information content (AvgIpc) is 2.16. The van der Waals surface area contributed by atoms with Gasteiger partial charge in [-0.05, 0) is 0 Å². The standard InChI is InChI=1S/C8H8N4O3/c1-15-8-11-6(10)5(7(14)12-8)4(13)2-3-9/h2H2,1H3,(H3,10,11,12,14). The molecule has 0 saturated heterocycles. The first-order chi connectivity index (χ1) is 7.10. The van der Waals surface area contributed by atoms with Crippen molar-refractivity contribution in [3.63, 3.8) is 0 Å². The Bertz CT molecular complexity index is 486. The maximum atomic E-state index is 11.4. The van der Waals surface area contributed by atoms with Gasteiger partial charge in [0.1, 0.15) is 11.4 Å². The molecule has 0 fully saturated rings. The Hall–Kier alpha value is -2.36. The van der Waals surface area contributed by atoms with Crippen LogP contribution >= 0.6 is 0 Å². The number of nitrogens with one attached hydrogen (secondary N) is 1. The highest BCUT2D eigenvalue weighted by Crippen LogP contribution is 2.08. The third kappa shape index (κ3) is 2.11. The van der Waals surface area contributed by atoms with E-state index in [1.807, 2.05) is 0 Å². The van der Waals surface area contributed by atoms with Gasteiger partial charge in [0.15, 0.2) is 5.78 Å². The van der Waals surface area contributed by atoms with Crippen molar-refractivity contribution in [2.75, 3.05) is 12.8 Å². The van der Waals surface area contributed by atoms with E-state index < -0.39 is 17.8 Å². The van der Waals surface area contributed by atoms with Crippen LogP contribution in [0.1, 0.15) is 16.8 Å². The van der Waals surface area contributed by atoms with E-state index in [9.17, 15) is 9.59 Å². The molecule has 0 amide bonds. The van der Waals surface area contributed by atoms with E-state index in [1.54, 1.807) is 6.07 Å². The molecule has 0 aliphatic carbocycles. The number of nitrogen functional groups attached to an aromatic ring is 1. The van der Waals surface area contributed by atoms with E-state index in [2.05, 4.69) is 14.7 Å². The van der Waals surface area contributed by atoms with Crippen LogP contribution in [0.3, 0.4) is 0 Å². The van der Waals surface area contributed by atoms with Gasteiger partial charge in [0.25, 0.3) is 11.6 Å². The van der Waals surface area contributed by atoms with Crippen molar-refractivity contribution in [2.24, 2.45) is 0 Å². The second-order valence-electron chi connectivity index (χ2n) is 2.59. The van der Waals surface area contributed by atoms with Gasteiger partial charge in [-0.25, -0.2) is 0 Å². The maximum Gasteiger partial charge on any atom is 0.298 e. The number of nitriles is 1. The van der Waals surface area contributed by atoms with Crippen LogP contribution in [0.5, 0.6) is 6.01 Å². The number of ketones is 1. The molecule has 0 aliphatic heterocycles. The lowest BCUT2D eigenvalue weighted by molar-refractivity contribution is 0.0996. The summed E-state index contributed by atoms with van der Waals surface area (Å²) in [6.45, 7) is 0. The van der Waals surface area contributed by atoms with Gasteiger partial charge in [0.2, 0.25) is 0 Å². The van der Waals surface area contributed by atoms with Crippen molar-refractivity contribution < 1.29 is 9.53 Å². The fraction of sp³-hybridized carbons (Fsp3) is 0.250. The number of nitrogens with zero attached hydrogens (tertiary/aromatic N) is 2. The molecule has 0 atom stereocenters. The Labute approximate surface area is 84.5 Å². The van der Waals surface area contributed by atoms with Gasteiger partial charge in [-0.2, -0.15) is 10.2 Å². The van der Waals surface area contributed by atoms with Gasteiger partial charge < -0.3 is 10.5 Å². The van der Waals surface area contributed by atoms with Crippen molar-refractivity contribution in [2.45, 2.75) is 6.42 Å². The number of carbonyl (C=O) groups excluding carboxylic acids is 1. The van der Waals surface area contributed by atoms with Crippen LogP contribution in [0.4, 0.5) is 5.82 Å². The highest BCUT2D eigenvalue weighted by atomic mass is 16.5. The Balaban J connectivity index is 3.27. The summed E-state index contributed by atoms with van der Waals surface area (Å²) in [5.74, 6) is -0.901.